The van der Waals surface area contributed by atoms with E-state index in [2.05, 4.69) is 10.6 Å². The van der Waals surface area contributed by atoms with E-state index in [-0.39, 0.29) is 13.2 Å². The Morgan fingerprint density at radius 2 is 1.84 bits per heavy atom. The molecule has 0 spiro atoms. The van der Waals surface area contributed by atoms with Gasteiger partial charge < -0.3 is 25.6 Å². The summed E-state index contributed by atoms with van der Waals surface area (Å²) < 4.78 is 4.93. The topological polar surface area (TPSA) is 125 Å². The molecule has 1 atom stereocenters. The number of carbonyl (C=O) groups excluding carboxylic acids is 2. The first-order valence-corrected chi connectivity index (χ1v) is 5.75. The minimum absolute atomic E-state index is 0.0229. The molecule has 8 nitrogen and oxygen atoms in total. The number of alkyl carbamates (subject to hydrolysis) is 1. The average molecular weight is 276 g/mol. The highest BCUT2D eigenvalue weighted by Crippen LogP contribution is 2.07. The van der Waals surface area contributed by atoms with Gasteiger partial charge in [0.15, 0.2) is 0 Å². The van der Waals surface area contributed by atoms with Gasteiger partial charge in [-0.15, -0.1) is 0 Å². The monoisotopic (exact) mass is 276 g/mol. The quantitative estimate of drug-likeness (QED) is 0.516. The van der Waals surface area contributed by atoms with Crippen LogP contribution in [0.3, 0.4) is 0 Å². The summed E-state index contributed by atoms with van der Waals surface area (Å²) in [6, 6.07) is -1.25. The van der Waals surface area contributed by atoms with Crippen molar-refractivity contribution in [3.05, 3.63) is 0 Å². The van der Waals surface area contributed by atoms with E-state index in [9.17, 15) is 14.4 Å². The van der Waals surface area contributed by atoms with Crippen molar-refractivity contribution in [2.75, 3.05) is 13.2 Å². The largest absolute Gasteiger partial charge is 0.481 e. The molecule has 2 amide bonds. The zero-order valence-corrected chi connectivity index (χ0v) is 11.2. The molecule has 0 radical (unpaired) electrons. The van der Waals surface area contributed by atoms with Gasteiger partial charge in [-0.05, 0) is 20.8 Å². The molecule has 0 rings (SSSR count). The van der Waals surface area contributed by atoms with E-state index < -0.39 is 36.0 Å². The summed E-state index contributed by atoms with van der Waals surface area (Å²) >= 11 is 0. The number of aliphatic carboxylic acids is 1. The lowest BCUT2D eigenvalue weighted by atomic mass is 10.2. The van der Waals surface area contributed by atoms with Crippen LogP contribution in [0, 0.1) is 0 Å². The van der Waals surface area contributed by atoms with Crippen LogP contribution in [-0.4, -0.2) is 53.0 Å². The third-order valence-electron chi connectivity index (χ3n) is 1.80. The highest BCUT2D eigenvalue weighted by Gasteiger charge is 2.26. The smallest absolute Gasteiger partial charge is 0.408 e. The van der Waals surface area contributed by atoms with Crippen LogP contribution in [0.1, 0.15) is 27.2 Å². The summed E-state index contributed by atoms with van der Waals surface area (Å²) in [6.07, 6.45) is -1.45. The Morgan fingerprint density at radius 3 is 2.26 bits per heavy atom. The van der Waals surface area contributed by atoms with Crippen LogP contribution in [0.15, 0.2) is 0 Å². The Morgan fingerprint density at radius 1 is 1.26 bits per heavy atom. The standard InChI is InChI=1S/C11H20N2O6/c1-11(2,3)19-10(18)13-7(6-8(15)16)9(17)12-4-5-14/h7,14H,4-6H2,1-3H3,(H,12,17)(H,13,18)(H,15,16). The first-order chi connectivity index (χ1) is 8.65. The fourth-order valence-corrected chi connectivity index (χ4v) is 1.14. The van der Waals surface area contributed by atoms with Gasteiger partial charge in [-0.25, -0.2) is 4.79 Å². The zero-order chi connectivity index (χ0) is 15.1. The molecule has 0 saturated carbocycles. The van der Waals surface area contributed by atoms with Crippen LogP contribution in [0.25, 0.3) is 0 Å². The lowest BCUT2D eigenvalue weighted by molar-refractivity contribution is -0.139. The van der Waals surface area contributed by atoms with Gasteiger partial charge in [0, 0.05) is 6.54 Å². The Kier molecular flexibility index (Phi) is 6.84. The minimum atomic E-state index is -1.25. The maximum absolute atomic E-state index is 11.6. The SMILES string of the molecule is CC(C)(C)OC(=O)NC(CC(=O)O)C(=O)NCCO. The molecule has 0 aliphatic rings. The highest BCUT2D eigenvalue weighted by molar-refractivity contribution is 5.89. The number of aliphatic hydroxyl groups excluding tert-OH is 1. The van der Waals surface area contributed by atoms with Gasteiger partial charge in [0.2, 0.25) is 5.91 Å². The molecule has 0 heterocycles. The van der Waals surface area contributed by atoms with Crippen LogP contribution < -0.4 is 10.6 Å². The number of carboxylic acids is 1. The Balaban J connectivity index is 4.54. The summed E-state index contributed by atoms with van der Waals surface area (Å²) in [5.41, 5.74) is -0.751. The third-order valence-corrected chi connectivity index (χ3v) is 1.80. The second-order valence-corrected chi connectivity index (χ2v) is 4.81. The zero-order valence-electron chi connectivity index (χ0n) is 11.2. The van der Waals surface area contributed by atoms with Crippen LogP contribution in [0.4, 0.5) is 4.79 Å². The maximum Gasteiger partial charge on any atom is 0.408 e. The van der Waals surface area contributed by atoms with E-state index in [1.165, 1.54) is 0 Å². The number of aliphatic hydroxyl groups is 1. The molecule has 0 aromatic rings. The number of rotatable bonds is 6. The summed E-state index contributed by atoms with van der Waals surface area (Å²) in [6.45, 7) is 4.63. The predicted octanol–water partition coefficient (Wildman–Crippen LogP) is -0.537. The van der Waals surface area contributed by atoms with Crippen molar-refractivity contribution >= 4 is 18.0 Å². The molecule has 1 unspecified atom stereocenters. The van der Waals surface area contributed by atoms with Crippen molar-refractivity contribution in [3.8, 4) is 0 Å². The second kappa shape index (κ2) is 7.57. The van der Waals surface area contributed by atoms with E-state index >= 15 is 0 Å². The lowest BCUT2D eigenvalue weighted by Gasteiger charge is -2.22. The lowest BCUT2D eigenvalue weighted by Crippen LogP contribution is -2.49. The van der Waals surface area contributed by atoms with Gasteiger partial charge in [-0.2, -0.15) is 0 Å². The molecular weight excluding hydrogens is 256 g/mol. The van der Waals surface area contributed by atoms with Gasteiger partial charge in [-0.1, -0.05) is 0 Å². The summed E-state index contributed by atoms with van der Waals surface area (Å²) in [5.74, 6) is -1.93. The van der Waals surface area contributed by atoms with E-state index in [0.717, 1.165) is 0 Å². The molecule has 0 saturated heterocycles. The molecule has 0 aromatic carbocycles. The first-order valence-electron chi connectivity index (χ1n) is 5.75. The van der Waals surface area contributed by atoms with Gasteiger partial charge in [0.1, 0.15) is 11.6 Å². The van der Waals surface area contributed by atoms with Crippen molar-refractivity contribution in [2.24, 2.45) is 0 Å². The predicted molar refractivity (Wildman–Crippen MR) is 65.5 cm³/mol. The van der Waals surface area contributed by atoms with E-state index in [1.807, 2.05) is 0 Å². The average Bonchev–Trinajstić information content (AvgIpc) is 2.21. The summed E-state index contributed by atoms with van der Waals surface area (Å²) in [5, 5.41) is 21.7. The van der Waals surface area contributed by atoms with E-state index in [1.54, 1.807) is 20.8 Å². The molecule has 0 aromatic heterocycles. The number of carbonyl (C=O) groups is 3. The number of ether oxygens (including phenoxy) is 1. The van der Waals surface area contributed by atoms with Crippen LogP contribution in [0.5, 0.6) is 0 Å². The summed E-state index contributed by atoms with van der Waals surface area (Å²) in [7, 11) is 0. The van der Waals surface area contributed by atoms with Gasteiger partial charge in [0.05, 0.1) is 13.0 Å². The van der Waals surface area contributed by atoms with Crippen LogP contribution in [0.2, 0.25) is 0 Å². The van der Waals surface area contributed by atoms with E-state index in [0.29, 0.717) is 0 Å². The fraction of sp³-hybridized carbons (Fsp3) is 0.727. The van der Waals surface area contributed by atoms with Crippen molar-refractivity contribution in [1.82, 2.24) is 10.6 Å². The van der Waals surface area contributed by atoms with E-state index in [4.69, 9.17) is 14.9 Å². The Bertz CT molecular complexity index is 337. The molecule has 4 N–H and O–H groups in total. The summed E-state index contributed by atoms with van der Waals surface area (Å²) in [4.78, 5) is 33.7. The van der Waals surface area contributed by atoms with Crippen LogP contribution >= 0.6 is 0 Å². The fourth-order valence-electron chi connectivity index (χ4n) is 1.14. The Hall–Kier alpha value is -1.83. The molecule has 0 bridgehead atoms. The minimum Gasteiger partial charge on any atom is -0.481 e. The first kappa shape index (κ1) is 17.2. The van der Waals surface area contributed by atoms with Crippen molar-refractivity contribution < 1.29 is 29.3 Å². The highest BCUT2D eigenvalue weighted by atomic mass is 16.6. The third kappa shape index (κ3) is 8.83. The number of hydrogen-bond donors (Lipinski definition) is 4. The number of carboxylic acid groups (broad SMARTS) is 1. The Labute approximate surface area is 111 Å². The van der Waals surface area contributed by atoms with Crippen molar-refractivity contribution in [3.63, 3.8) is 0 Å². The second-order valence-electron chi connectivity index (χ2n) is 4.81. The normalized spacial score (nSPS) is 12.4. The van der Waals surface area contributed by atoms with Crippen LogP contribution in [-0.2, 0) is 14.3 Å². The number of hydrogen-bond acceptors (Lipinski definition) is 5. The van der Waals surface area contributed by atoms with Gasteiger partial charge >= 0.3 is 12.1 Å². The molecule has 19 heavy (non-hydrogen) atoms. The van der Waals surface area contributed by atoms with Gasteiger partial charge in [0.25, 0.3) is 0 Å². The molecule has 0 aliphatic carbocycles. The van der Waals surface area contributed by atoms with Crippen molar-refractivity contribution in [1.29, 1.82) is 0 Å². The molecular formula is C11H20N2O6. The number of nitrogens with one attached hydrogen (secondary N) is 2. The maximum atomic E-state index is 11.6. The number of amides is 2. The molecule has 8 heteroatoms. The van der Waals surface area contributed by atoms with Gasteiger partial charge in [-0.3, -0.25) is 9.59 Å². The van der Waals surface area contributed by atoms with Crippen molar-refractivity contribution in [2.45, 2.75) is 38.8 Å². The molecule has 0 fully saturated rings. The molecule has 0 aliphatic heterocycles. The molecule has 110 valence electrons.